The fraction of sp³-hybridized carbons (Fsp3) is 0.235. The minimum Gasteiger partial charge on any atom is -0.326 e. The molecule has 1 aromatic heterocycles. The molecule has 0 spiro atoms. The van der Waals surface area contributed by atoms with E-state index in [1.54, 1.807) is 36.7 Å². The Morgan fingerprint density at radius 2 is 1.73 bits per heavy atom. The first-order valence-corrected chi connectivity index (χ1v) is 7.15. The Hall–Kier alpha value is -2.53. The number of Topliss-reactive ketones (excluding diaryl/α,β-unsaturated/α-hetero) is 1. The number of nitrogens with zero attached hydrogens (tertiary/aromatic N) is 1. The molecule has 5 nitrogen and oxygen atoms in total. The van der Waals surface area contributed by atoms with Crippen molar-refractivity contribution in [1.29, 1.82) is 0 Å². The predicted octanol–water partition coefficient (Wildman–Crippen LogP) is 2.40. The second-order valence-corrected chi connectivity index (χ2v) is 4.96. The van der Waals surface area contributed by atoms with Crippen molar-refractivity contribution >= 4 is 17.4 Å². The van der Waals surface area contributed by atoms with Gasteiger partial charge in [0.05, 0.1) is 0 Å². The molecule has 0 radical (unpaired) electrons. The summed E-state index contributed by atoms with van der Waals surface area (Å²) >= 11 is 0. The normalized spacial score (nSPS) is 10.2. The third-order valence-electron chi connectivity index (χ3n) is 3.18. The molecule has 2 N–H and O–H groups in total. The Balaban J connectivity index is 1.70. The van der Waals surface area contributed by atoms with Crippen molar-refractivity contribution < 1.29 is 9.59 Å². The molecular formula is C17H19N3O2. The van der Waals surface area contributed by atoms with E-state index in [0.717, 1.165) is 5.56 Å². The van der Waals surface area contributed by atoms with Crippen LogP contribution in [0.5, 0.6) is 0 Å². The molecule has 0 atom stereocenters. The lowest BCUT2D eigenvalue weighted by atomic mass is 10.1. The molecule has 1 amide bonds. The van der Waals surface area contributed by atoms with Gasteiger partial charge in [0, 0.05) is 43.2 Å². The number of carbonyl (C=O) groups excluding carboxylic acids is 2. The number of pyridine rings is 1. The van der Waals surface area contributed by atoms with Gasteiger partial charge in [-0.05, 0) is 48.9 Å². The maximum atomic E-state index is 11.8. The van der Waals surface area contributed by atoms with E-state index in [0.29, 0.717) is 30.8 Å². The second kappa shape index (κ2) is 8.05. The maximum Gasteiger partial charge on any atom is 0.225 e. The fourth-order valence-corrected chi connectivity index (χ4v) is 1.95. The molecule has 0 aliphatic rings. The van der Waals surface area contributed by atoms with Crippen LogP contribution in [0.15, 0.2) is 48.8 Å². The lowest BCUT2D eigenvalue weighted by molar-refractivity contribution is -0.116. The number of nitrogens with one attached hydrogen (secondary N) is 2. The topological polar surface area (TPSA) is 71.1 Å². The third kappa shape index (κ3) is 5.10. The van der Waals surface area contributed by atoms with Crippen LogP contribution in [0, 0.1) is 0 Å². The Morgan fingerprint density at radius 3 is 2.36 bits per heavy atom. The zero-order chi connectivity index (χ0) is 15.8. The van der Waals surface area contributed by atoms with Gasteiger partial charge >= 0.3 is 0 Å². The zero-order valence-corrected chi connectivity index (χ0v) is 12.5. The smallest absolute Gasteiger partial charge is 0.225 e. The molecule has 5 heteroatoms. The molecule has 0 saturated heterocycles. The molecule has 2 rings (SSSR count). The van der Waals surface area contributed by atoms with Gasteiger partial charge in [0.15, 0.2) is 5.78 Å². The van der Waals surface area contributed by atoms with Gasteiger partial charge in [-0.25, -0.2) is 0 Å². The van der Waals surface area contributed by atoms with Crippen LogP contribution in [0.2, 0.25) is 0 Å². The Labute approximate surface area is 129 Å². The van der Waals surface area contributed by atoms with E-state index in [1.165, 1.54) is 6.92 Å². The molecule has 22 heavy (non-hydrogen) atoms. The van der Waals surface area contributed by atoms with Crippen molar-refractivity contribution in [3.63, 3.8) is 0 Å². The van der Waals surface area contributed by atoms with Crippen LogP contribution in [0.4, 0.5) is 5.69 Å². The molecule has 0 bridgehead atoms. The SMILES string of the molecule is CC(=O)c1ccc(NC(=O)CCNCc2ccncc2)cc1. The van der Waals surface area contributed by atoms with E-state index in [9.17, 15) is 9.59 Å². The summed E-state index contributed by atoms with van der Waals surface area (Å²) in [5.74, 6) is -0.0454. The van der Waals surface area contributed by atoms with Crippen molar-refractivity contribution in [3.05, 3.63) is 59.9 Å². The van der Waals surface area contributed by atoms with Crippen molar-refractivity contribution in [2.45, 2.75) is 19.9 Å². The van der Waals surface area contributed by atoms with Gasteiger partial charge in [-0.3, -0.25) is 14.6 Å². The van der Waals surface area contributed by atoms with Crippen molar-refractivity contribution in [2.75, 3.05) is 11.9 Å². The van der Waals surface area contributed by atoms with E-state index in [1.807, 2.05) is 12.1 Å². The standard InChI is InChI=1S/C17H19N3O2/c1-13(21)15-2-4-16(5-3-15)20-17(22)8-11-19-12-14-6-9-18-10-7-14/h2-7,9-10,19H,8,11-12H2,1H3,(H,20,22). The molecule has 1 heterocycles. The first-order chi connectivity index (χ1) is 10.6. The summed E-state index contributed by atoms with van der Waals surface area (Å²) in [6.45, 7) is 2.82. The molecule has 0 aliphatic carbocycles. The predicted molar refractivity (Wildman–Crippen MR) is 85.6 cm³/mol. The first-order valence-electron chi connectivity index (χ1n) is 7.15. The summed E-state index contributed by atoms with van der Waals surface area (Å²) in [6, 6.07) is 10.8. The van der Waals surface area contributed by atoms with Gasteiger partial charge in [-0.1, -0.05) is 0 Å². The molecule has 0 fully saturated rings. The van der Waals surface area contributed by atoms with E-state index >= 15 is 0 Å². The number of hydrogen-bond donors (Lipinski definition) is 2. The highest BCUT2D eigenvalue weighted by atomic mass is 16.1. The fourth-order valence-electron chi connectivity index (χ4n) is 1.95. The number of benzene rings is 1. The lowest BCUT2D eigenvalue weighted by Crippen LogP contribution is -2.21. The summed E-state index contributed by atoms with van der Waals surface area (Å²) < 4.78 is 0. The van der Waals surface area contributed by atoms with Crippen LogP contribution in [-0.4, -0.2) is 23.2 Å². The van der Waals surface area contributed by atoms with Gasteiger partial charge in [-0.15, -0.1) is 0 Å². The van der Waals surface area contributed by atoms with Crippen LogP contribution in [0.25, 0.3) is 0 Å². The third-order valence-corrected chi connectivity index (χ3v) is 3.18. The minimum absolute atomic E-state index is 0.0122. The van der Waals surface area contributed by atoms with Crippen LogP contribution in [0.3, 0.4) is 0 Å². The van der Waals surface area contributed by atoms with Gasteiger partial charge < -0.3 is 10.6 Å². The zero-order valence-electron chi connectivity index (χ0n) is 12.5. The Morgan fingerprint density at radius 1 is 1.05 bits per heavy atom. The highest BCUT2D eigenvalue weighted by molar-refractivity contribution is 5.95. The second-order valence-electron chi connectivity index (χ2n) is 4.96. The molecule has 2 aromatic rings. The molecule has 114 valence electrons. The summed E-state index contributed by atoms with van der Waals surface area (Å²) in [5, 5.41) is 6.02. The number of rotatable bonds is 7. The summed E-state index contributed by atoms with van der Waals surface area (Å²) in [5.41, 5.74) is 2.47. The molecule has 0 saturated carbocycles. The number of hydrogen-bond acceptors (Lipinski definition) is 4. The van der Waals surface area contributed by atoms with Gasteiger partial charge in [0.25, 0.3) is 0 Å². The van der Waals surface area contributed by atoms with Crippen molar-refractivity contribution in [1.82, 2.24) is 10.3 Å². The van der Waals surface area contributed by atoms with E-state index in [4.69, 9.17) is 0 Å². The highest BCUT2D eigenvalue weighted by Gasteiger charge is 2.03. The number of aromatic nitrogens is 1. The number of amides is 1. The van der Waals surface area contributed by atoms with Crippen molar-refractivity contribution in [2.24, 2.45) is 0 Å². The van der Waals surface area contributed by atoms with Gasteiger partial charge in [-0.2, -0.15) is 0 Å². The Bertz CT molecular complexity index is 624. The molecule has 0 aliphatic heterocycles. The van der Waals surface area contributed by atoms with Crippen LogP contribution < -0.4 is 10.6 Å². The largest absolute Gasteiger partial charge is 0.326 e. The average molecular weight is 297 g/mol. The summed E-state index contributed by atoms with van der Waals surface area (Å²) in [6.07, 6.45) is 3.88. The van der Waals surface area contributed by atoms with Crippen molar-refractivity contribution in [3.8, 4) is 0 Å². The van der Waals surface area contributed by atoms with Crippen LogP contribution in [0.1, 0.15) is 29.3 Å². The van der Waals surface area contributed by atoms with E-state index in [2.05, 4.69) is 15.6 Å². The molecular weight excluding hydrogens is 278 g/mol. The number of ketones is 1. The first kappa shape index (κ1) is 15.9. The van der Waals surface area contributed by atoms with Gasteiger partial charge in [0.1, 0.15) is 0 Å². The quantitative estimate of drug-likeness (QED) is 0.608. The van der Waals surface area contributed by atoms with Crippen LogP contribution in [-0.2, 0) is 11.3 Å². The maximum absolute atomic E-state index is 11.8. The number of anilines is 1. The van der Waals surface area contributed by atoms with E-state index < -0.39 is 0 Å². The molecule has 0 unspecified atom stereocenters. The lowest BCUT2D eigenvalue weighted by Gasteiger charge is -2.07. The highest BCUT2D eigenvalue weighted by Crippen LogP contribution is 2.10. The minimum atomic E-state index is -0.0576. The average Bonchev–Trinajstić information content (AvgIpc) is 2.53. The Kier molecular flexibility index (Phi) is 5.80. The summed E-state index contributed by atoms with van der Waals surface area (Å²) in [7, 11) is 0. The van der Waals surface area contributed by atoms with E-state index in [-0.39, 0.29) is 11.7 Å². The molecule has 1 aromatic carbocycles. The van der Waals surface area contributed by atoms with Crippen LogP contribution >= 0.6 is 0 Å². The number of carbonyl (C=O) groups is 2. The van der Waals surface area contributed by atoms with Gasteiger partial charge in [0.2, 0.25) is 5.91 Å². The summed E-state index contributed by atoms with van der Waals surface area (Å²) in [4.78, 5) is 26.9. The monoisotopic (exact) mass is 297 g/mol.